The van der Waals surface area contributed by atoms with Crippen molar-refractivity contribution in [3.63, 3.8) is 0 Å². The van der Waals surface area contributed by atoms with E-state index in [1.807, 2.05) is 146 Å². The van der Waals surface area contributed by atoms with E-state index in [0.717, 1.165) is 77.2 Å². The Hall–Kier alpha value is -8.74. The molecule has 0 amide bonds. The van der Waals surface area contributed by atoms with Gasteiger partial charge in [0, 0.05) is 0 Å². The standard InChI is InChI=1S/C60H42O6/c1-65-45-27-21-37(22-28-45)41-25-31-49(59(61)62)53(33-41)55-47-19-11-9-17-43(47)35-51(39-13-5-3-6-14-39)57(55)58-52(40-15-7-4-8-16-40)36-44-18-10-12-20-48(44)56(58)54-34-42(26-32-50(54)60(63)64)38-23-29-46(66-2)30-24-38/h3-36H,1-2H3,(H,61,62)(H,63,64). The largest absolute Gasteiger partial charge is 0.497 e. The minimum absolute atomic E-state index is 0.125. The highest BCUT2D eigenvalue weighted by Gasteiger charge is 2.29. The van der Waals surface area contributed by atoms with Crippen molar-refractivity contribution in [2.24, 2.45) is 0 Å². The zero-order chi connectivity index (χ0) is 45.3. The number of benzene rings is 10. The second kappa shape index (κ2) is 17.4. The molecule has 0 saturated heterocycles. The van der Waals surface area contributed by atoms with Crippen molar-refractivity contribution >= 4 is 33.5 Å². The topological polar surface area (TPSA) is 93.1 Å². The van der Waals surface area contributed by atoms with Gasteiger partial charge in [0.05, 0.1) is 25.3 Å². The zero-order valence-electron chi connectivity index (χ0n) is 36.2. The van der Waals surface area contributed by atoms with Gasteiger partial charge in [0.15, 0.2) is 0 Å². The minimum Gasteiger partial charge on any atom is -0.497 e. The third-order valence-electron chi connectivity index (χ3n) is 12.4. The Labute approximate surface area is 382 Å². The number of ether oxygens (including phenoxy) is 2. The lowest BCUT2D eigenvalue weighted by Gasteiger charge is -2.27. The molecule has 0 heterocycles. The molecule has 0 saturated carbocycles. The van der Waals surface area contributed by atoms with Gasteiger partial charge in [-0.05, 0) is 160 Å². The number of hydrogen-bond donors (Lipinski definition) is 2. The molecule has 0 bridgehead atoms. The van der Waals surface area contributed by atoms with Gasteiger partial charge in [0.1, 0.15) is 11.5 Å². The molecule has 6 heteroatoms. The van der Waals surface area contributed by atoms with Crippen LogP contribution in [0.3, 0.4) is 0 Å². The van der Waals surface area contributed by atoms with E-state index in [-0.39, 0.29) is 11.1 Å². The number of carboxylic acid groups (broad SMARTS) is 2. The van der Waals surface area contributed by atoms with Gasteiger partial charge in [-0.2, -0.15) is 0 Å². The van der Waals surface area contributed by atoms with Crippen LogP contribution < -0.4 is 9.47 Å². The number of carboxylic acids is 2. The van der Waals surface area contributed by atoms with Crippen molar-refractivity contribution < 1.29 is 29.3 Å². The van der Waals surface area contributed by atoms with E-state index in [9.17, 15) is 19.8 Å². The molecular formula is C60H42O6. The van der Waals surface area contributed by atoms with Crippen molar-refractivity contribution in [2.75, 3.05) is 14.2 Å². The molecule has 0 aliphatic heterocycles. The Morgan fingerprint density at radius 3 is 1.05 bits per heavy atom. The van der Waals surface area contributed by atoms with E-state index in [2.05, 4.69) is 48.5 Å². The van der Waals surface area contributed by atoms with E-state index in [4.69, 9.17) is 9.47 Å². The molecule has 0 fully saturated rings. The van der Waals surface area contributed by atoms with Crippen LogP contribution in [0.2, 0.25) is 0 Å². The van der Waals surface area contributed by atoms with Gasteiger partial charge >= 0.3 is 11.9 Å². The van der Waals surface area contributed by atoms with Crippen LogP contribution >= 0.6 is 0 Å². The fourth-order valence-electron chi connectivity index (χ4n) is 9.27. The predicted molar refractivity (Wildman–Crippen MR) is 267 cm³/mol. The summed E-state index contributed by atoms with van der Waals surface area (Å²) in [5.41, 5.74) is 11.2. The summed E-state index contributed by atoms with van der Waals surface area (Å²) in [6, 6.07) is 67.2. The summed E-state index contributed by atoms with van der Waals surface area (Å²) in [7, 11) is 3.25. The average molecular weight is 859 g/mol. The maximum Gasteiger partial charge on any atom is 0.336 e. The molecule has 0 spiro atoms. The number of fused-ring (bicyclic) bond motifs is 2. The Kier molecular flexibility index (Phi) is 10.9. The van der Waals surface area contributed by atoms with Crippen molar-refractivity contribution in [3.8, 4) is 89.4 Å². The Morgan fingerprint density at radius 2 is 0.682 bits per heavy atom. The summed E-state index contributed by atoms with van der Waals surface area (Å²) < 4.78 is 11.0. The van der Waals surface area contributed by atoms with Crippen LogP contribution in [0.15, 0.2) is 206 Å². The maximum absolute atomic E-state index is 13.7. The van der Waals surface area contributed by atoms with Crippen LogP contribution in [0, 0.1) is 0 Å². The van der Waals surface area contributed by atoms with Crippen LogP contribution in [0.4, 0.5) is 0 Å². The molecule has 10 rings (SSSR count). The normalized spacial score (nSPS) is 11.1. The highest BCUT2D eigenvalue weighted by Crippen LogP contribution is 2.54. The number of rotatable bonds is 11. The van der Waals surface area contributed by atoms with Gasteiger partial charge in [0.25, 0.3) is 0 Å². The van der Waals surface area contributed by atoms with Gasteiger partial charge in [-0.1, -0.05) is 146 Å². The second-order valence-electron chi connectivity index (χ2n) is 16.1. The number of carbonyl (C=O) groups is 2. The first-order valence-corrected chi connectivity index (χ1v) is 21.6. The summed E-state index contributed by atoms with van der Waals surface area (Å²) in [5, 5.41) is 25.8. The van der Waals surface area contributed by atoms with Crippen LogP contribution in [0.5, 0.6) is 11.5 Å². The summed E-state index contributed by atoms with van der Waals surface area (Å²) >= 11 is 0. The molecular weight excluding hydrogens is 817 g/mol. The fourth-order valence-corrected chi connectivity index (χ4v) is 9.27. The molecule has 2 N–H and O–H groups in total. The van der Waals surface area contributed by atoms with Crippen LogP contribution in [-0.4, -0.2) is 36.4 Å². The predicted octanol–water partition coefficient (Wildman–Crippen LogP) is 15.1. The molecule has 0 unspecified atom stereocenters. The second-order valence-corrected chi connectivity index (χ2v) is 16.1. The Bertz CT molecular complexity index is 3230. The maximum atomic E-state index is 13.7. The molecule has 66 heavy (non-hydrogen) atoms. The minimum atomic E-state index is -1.08. The molecule has 6 nitrogen and oxygen atoms in total. The smallest absolute Gasteiger partial charge is 0.336 e. The van der Waals surface area contributed by atoms with Crippen molar-refractivity contribution in [1.29, 1.82) is 0 Å². The van der Waals surface area contributed by atoms with Crippen molar-refractivity contribution in [2.45, 2.75) is 0 Å². The van der Waals surface area contributed by atoms with Gasteiger partial charge in [-0.25, -0.2) is 9.59 Å². The molecule has 0 aromatic heterocycles. The first-order valence-electron chi connectivity index (χ1n) is 21.6. The fraction of sp³-hybridized carbons (Fsp3) is 0.0333. The SMILES string of the molecule is COc1ccc(-c2ccc(C(=O)O)c(-c3c(-c4c(-c5ccccc5)cc5ccccc5c4-c4cc(-c5ccc(OC)cc5)ccc4C(=O)O)c(-c4ccccc4)cc4ccccc34)c2)cc1. The van der Waals surface area contributed by atoms with Gasteiger partial charge < -0.3 is 19.7 Å². The number of aromatic carboxylic acids is 2. The Morgan fingerprint density at radius 1 is 0.333 bits per heavy atom. The highest BCUT2D eigenvalue weighted by atomic mass is 16.5. The van der Waals surface area contributed by atoms with Crippen LogP contribution in [0.25, 0.3) is 99.4 Å². The summed E-state index contributed by atoms with van der Waals surface area (Å²) in [4.78, 5) is 27.3. The van der Waals surface area contributed by atoms with Crippen molar-refractivity contribution in [1.82, 2.24) is 0 Å². The average Bonchev–Trinajstić information content (AvgIpc) is 3.37. The number of hydrogen-bond acceptors (Lipinski definition) is 4. The van der Waals surface area contributed by atoms with Gasteiger partial charge in [-0.15, -0.1) is 0 Å². The zero-order valence-corrected chi connectivity index (χ0v) is 36.2. The quantitative estimate of drug-likeness (QED) is 0.135. The molecule has 318 valence electrons. The van der Waals surface area contributed by atoms with E-state index >= 15 is 0 Å². The van der Waals surface area contributed by atoms with E-state index in [0.29, 0.717) is 33.8 Å². The first kappa shape index (κ1) is 41.3. The van der Waals surface area contributed by atoms with Gasteiger partial charge in [-0.3, -0.25) is 0 Å². The first-order chi connectivity index (χ1) is 32.3. The van der Waals surface area contributed by atoms with Crippen molar-refractivity contribution in [3.05, 3.63) is 217 Å². The Balaban J connectivity index is 1.44. The molecule has 10 aromatic rings. The summed E-state index contributed by atoms with van der Waals surface area (Å²) in [5.74, 6) is -0.735. The third kappa shape index (κ3) is 7.50. The lowest BCUT2D eigenvalue weighted by molar-refractivity contribution is 0.0687. The summed E-state index contributed by atoms with van der Waals surface area (Å²) in [6.07, 6.45) is 0. The number of methoxy groups -OCH3 is 2. The molecule has 10 aromatic carbocycles. The molecule has 0 aliphatic rings. The van der Waals surface area contributed by atoms with Crippen LogP contribution in [0.1, 0.15) is 20.7 Å². The van der Waals surface area contributed by atoms with E-state index in [1.54, 1.807) is 26.4 Å². The van der Waals surface area contributed by atoms with Gasteiger partial charge in [0.2, 0.25) is 0 Å². The lowest BCUT2D eigenvalue weighted by atomic mass is 9.76. The molecule has 0 atom stereocenters. The van der Waals surface area contributed by atoms with E-state index < -0.39 is 11.9 Å². The third-order valence-corrected chi connectivity index (χ3v) is 12.4. The highest BCUT2D eigenvalue weighted by molar-refractivity contribution is 6.21. The lowest BCUT2D eigenvalue weighted by Crippen LogP contribution is -2.05. The summed E-state index contributed by atoms with van der Waals surface area (Å²) in [6.45, 7) is 0. The van der Waals surface area contributed by atoms with Crippen LogP contribution in [-0.2, 0) is 0 Å². The molecule has 0 aliphatic carbocycles. The molecule has 0 radical (unpaired) electrons. The van der Waals surface area contributed by atoms with E-state index in [1.165, 1.54) is 0 Å². The monoisotopic (exact) mass is 858 g/mol.